The number of fused-ring (bicyclic) bond motifs is 5. The first-order valence-corrected chi connectivity index (χ1v) is 11.9. The van der Waals surface area contributed by atoms with Crippen LogP contribution in [0.1, 0.15) is 44.7 Å². The maximum absolute atomic E-state index is 14.3. The van der Waals surface area contributed by atoms with E-state index in [2.05, 4.69) is 0 Å². The molecule has 0 amide bonds. The zero-order chi connectivity index (χ0) is 24.5. The number of hydrogen-bond donors (Lipinski definition) is 0. The number of ketones is 3. The van der Waals surface area contributed by atoms with Gasteiger partial charge in [-0.25, -0.2) is 0 Å². The van der Waals surface area contributed by atoms with E-state index in [1.807, 2.05) is 53.5 Å². The summed E-state index contributed by atoms with van der Waals surface area (Å²) in [6.45, 7) is 1.53. The molecule has 3 aliphatic rings. The predicted molar refractivity (Wildman–Crippen MR) is 134 cm³/mol. The summed E-state index contributed by atoms with van der Waals surface area (Å²) in [5, 5.41) is 0.574. The Morgan fingerprint density at radius 2 is 1.69 bits per heavy atom. The third-order valence-corrected chi connectivity index (χ3v) is 7.87. The lowest BCUT2D eigenvalue weighted by atomic mass is 9.64. The first kappa shape index (κ1) is 21.8. The third-order valence-electron chi connectivity index (χ3n) is 7.64. The van der Waals surface area contributed by atoms with Gasteiger partial charge in [0.1, 0.15) is 11.2 Å². The number of carbonyl (C=O) groups excluding carboxylic acids is 3. The summed E-state index contributed by atoms with van der Waals surface area (Å²) in [4.78, 5) is 44.0. The van der Waals surface area contributed by atoms with Crippen molar-refractivity contribution >= 4 is 40.7 Å². The topological polar surface area (TPSA) is 63.7 Å². The number of methoxy groups -OCH3 is 1. The Kier molecular flexibility index (Phi) is 4.77. The largest absolute Gasteiger partial charge is 0.497 e. The van der Waals surface area contributed by atoms with Crippen LogP contribution in [0.5, 0.6) is 5.75 Å². The molecule has 0 radical (unpaired) electrons. The van der Waals surface area contributed by atoms with Gasteiger partial charge in [0.2, 0.25) is 0 Å². The van der Waals surface area contributed by atoms with E-state index in [-0.39, 0.29) is 17.3 Å². The highest BCUT2D eigenvalue weighted by Crippen LogP contribution is 2.60. The molecule has 2 heterocycles. The standard InChI is InChI=1S/C29H22ClNO4/c1-16(32)26-25(18-6-5-7-20(15-18)35-2)29(27(33)21-8-3-4-9-22(21)28(29)34)24-13-10-17-14-19(30)11-12-23(17)31(24)26/h3-15,24-26H,1-2H3/t24-,25+,26-/m0/s1. The lowest BCUT2D eigenvalue weighted by Gasteiger charge is -2.37. The fraction of sp³-hybridized carbons (Fsp3) is 0.207. The van der Waals surface area contributed by atoms with Gasteiger partial charge in [-0.1, -0.05) is 60.2 Å². The number of benzene rings is 3. The number of Topliss-reactive ketones (excluding diaryl/α,β-unsaturated/α-hetero) is 3. The average molecular weight is 484 g/mol. The zero-order valence-corrected chi connectivity index (χ0v) is 20.0. The van der Waals surface area contributed by atoms with E-state index in [9.17, 15) is 14.4 Å². The minimum Gasteiger partial charge on any atom is -0.497 e. The molecule has 1 saturated heterocycles. The van der Waals surface area contributed by atoms with E-state index in [0.717, 1.165) is 16.8 Å². The molecule has 35 heavy (non-hydrogen) atoms. The zero-order valence-electron chi connectivity index (χ0n) is 19.2. The number of rotatable bonds is 3. The number of halogens is 1. The average Bonchev–Trinajstić information content (AvgIpc) is 3.30. The van der Waals surface area contributed by atoms with Crippen LogP contribution in [-0.4, -0.2) is 36.5 Å². The van der Waals surface area contributed by atoms with Crippen molar-refractivity contribution in [2.75, 3.05) is 12.0 Å². The Labute approximate surface area is 208 Å². The third kappa shape index (κ3) is 2.79. The molecule has 0 unspecified atom stereocenters. The Balaban J connectivity index is 1.68. The van der Waals surface area contributed by atoms with Crippen LogP contribution in [-0.2, 0) is 4.79 Å². The van der Waals surface area contributed by atoms with Gasteiger partial charge in [-0.15, -0.1) is 0 Å². The molecule has 1 aliphatic carbocycles. The van der Waals surface area contributed by atoms with Crippen LogP contribution in [0.3, 0.4) is 0 Å². The monoisotopic (exact) mass is 483 g/mol. The summed E-state index contributed by atoms with van der Waals surface area (Å²) in [7, 11) is 1.57. The first-order chi connectivity index (χ1) is 16.9. The first-order valence-electron chi connectivity index (χ1n) is 11.5. The van der Waals surface area contributed by atoms with Gasteiger partial charge < -0.3 is 9.64 Å². The van der Waals surface area contributed by atoms with Crippen LogP contribution < -0.4 is 9.64 Å². The lowest BCUT2D eigenvalue weighted by Crippen LogP contribution is -2.48. The van der Waals surface area contributed by atoms with Crippen LogP contribution in [0.4, 0.5) is 5.69 Å². The van der Waals surface area contributed by atoms with Crippen LogP contribution in [0.2, 0.25) is 5.02 Å². The van der Waals surface area contributed by atoms with E-state index < -0.39 is 23.4 Å². The highest BCUT2D eigenvalue weighted by Gasteiger charge is 2.71. The van der Waals surface area contributed by atoms with E-state index >= 15 is 0 Å². The summed E-state index contributed by atoms with van der Waals surface area (Å²) in [6, 6.07) is 18.4. The molecule has 174 valence electrons. The number of ether oxygens (including phenoxy) is 1. The molecule has 3 aromatic rings. The second kappa shape index (κ2) is 7.65. The maximum atomic E-state index is 14.3. The van der Waals surface area contributed by atoms with Crippen molar-refractivity contribution in [3.63, 3.8) is 0 Å². The normalized spacial score (nSPS) is 23.3. The van der Waals surface area contributed by atoms with Gasteiger partial charge in [0, 0.05) is 27.8 Å². The minimum atomic E-state index is -1.49. The lowest BCUT2D eigenvalue weighted by molar-refractivity contribution is -0.118. The van der Waals surface area contributed by atoms with Gasteiger partial charge >= 0.3 is 0 Å². The van der Waals surface area contributed by atoms with Gasteiger partial charge in [0.25, 0.3) is 0 Å². The van der Waals surface area contributed by atoms with Crippen molar-refractivity contribution in [1.82, 2.24) is 0 Å². The molecular formula is C29H22ClNO4. The van der Waals surface area contributed by atoms with E-state index in [1.54, 1.807) is 37.4 Å². The molecule has 0 saturated carbocycles. The quantitative estimate of drug-likeness (QED) is 0.468. The van der Waals surface area contributed by atoms with Crippen LogP contribution in [0.25, 0.3) is 6.08 Å². The molecular weight excluding hydrogens is 462 g/mol. The maximum Gasteiger partial charge on any atom is 0.180 e. The SMILES string of the molecule is COc1cccc([C@@H]2[C@H](C(C)=O)N3c4ccc(Cl)cc4C=C[C@H]3C23C(=O)c2ccccc2C3=O)c1. The fourth-order valence-corrected chi connectivity index (χ4v) is 6.49. The molecule has 1 fully saturated rings. The van der Waals surface area contributed by atoms with E-state index in [4.69, 9.17) is 16.3 Å². The molecule has 0 N–H and O–H groups in total. The summed E-state index contributed by atoms with van der Waals surface area (Å²) in [6.07, 6.45) is 3.79. The molecule has 2 aliphatic heterocycles. The Hall–Kier alpha value is -3.70. The van der Waals surface area contributed by atoms with Crippen molar-refractivity contribution in [2.45, 2.75) is 24.9 Å². The fourth-order valence-electron chi connectivity index (χ4n) is 6.31. The van der Waals surface area contributed by atoms with Gasteiger partial charge in [-0.3, -0.25) is 14.4 Å². The number of hydrogen-bond acceptors (Lipinski definition) is 5. The second-order valence-electron chi connectivity index (χ2n) is 9.30. The van der Waals surface area contributed by atoms with E-state index in [1.165, 1.54) is 6.92 Å². The number of carbonyl (C=O) groups is 3. The van der Waals surface area contributed by atoms with Crippen LogP contribution >= 0.6 is 11.6 Å². The molecule has 6 rings (SSSR count). The molecule has 5 nitrogen and oxygen atoms in total. The van der Waals surface area contributed by atoms with Gasteiger partial charge in [-0.05, 0) is 48.4 Å². The second-order valence-corrected chi connectivity index (χ2v) is 9.73. The van der Waals surface area contributed by atoms with Crippen molar-refractivity contribution in [2.24, 2.45) is 5.41 Å². The molecule has 0 aromatic heterocycles. The minimum absolute atomic E-state index is 0.118. The Morgan fingerprint density at radius 3 is 2.34 bits per heavy atom. The van der Waals surface area contributed by atoms with Gasteiger partial charge in [-0.2, -0.15) is 0 Å². The van der Waals surface area contributed by atoms with Gasteiger partial charge in [0.15, 0.2) is 17.3 Å². The Bertz CT molecular complexity index is 1420. The summed E-state index contributed by atoms with van der Waals surface area (Å²) in [5.74, 6) is -0.715. The van der Waals surface area contributed by atoms with Gasteiger partial charge in [0.05, 0.1) is 19.2 Å². The smallest absolute Gasteiger partial charge is 0.180 e. The number of anilines is 1. The number of nitrogens with zero attached hydrogens (tertiary/aromatic N) is 1. The molecule has 0 bridgehead atoms. The van der Waals surface area contributed by atoms with Crippen molar-refractivity contribution in [1.29, 1.82) is 0 Å². The van der Waals surface area contributed by atoms with Crippen molar-refractivity contribution in [3.8, 4) is 5.75 Å². The predicted octanol–water partition coefficient (Wildman–Crippen LogP) is 5.37. The molecule has 1 spiro atoms. The summed E-state index contributed by atoms with van der Waals surface area (Å²) < 4.78 is 5.47. The molecule has 6 heteroatoms. The Morgan fingerprint density at radius 1 is 0.971 bits per heavy atom. The highest BCUT2D eigenvalue weighted by molar-refractivity contribution is 6.32. The highest BCUT2D eigenvalue weighted by atomic mass is 35.5. The summed E-state index contributed by atoms with van der Waals surface area (Å²) in [5.41, 5.74) is 1.67. The molecule has 3 atom stereocenters. The van der Waals surface area contributed by atoms with E-state index in [0.29, 0.717) is 21.9 Å². The van der Waals surface area contributed by atoms with Crippen molar-refractivity contribution < 1.29 is 19.1 Å². The van der Waals surface area contributed by atoms with Crippen LogP contribution in [0.15, 0.2) is 72.8 Å². The van der Waals surface area contributed by atoms with Crippen molar-refractivity contribution in [3.05, 3.63) is 100 Å². The molecule has 3 aromatic carbocycles. The summed E-state index contributed by atoms with van der Waals surface area (Å²) >= 11 is 6.26. The van der Waals surface area contributed by atoms with Crippen LogP contribution in [0, 0.1) is 5.41 Å².